The molecule has 1 aliphatic heterocycles. The molecule has 2 fully saturated rings. The molecule has 1 spiro atoms. The Hall–Kier alpha value is -0.0900. The molecule has 70 valence electrons. The summed E-state index contributed by atoms with van der Waals surface area (Å²) >= 11 is 0. The van der Waals surface area contributed by atoms with E-state index < -0.39 is 9.84 Å². The summed E-state index contributed by atoms with van der Waals surface area (Å²) in [6, 6.07) is 0.465. The molecule has 0 bridgehead atoms. The summed E-state index contributed by atoms with van der Waals surface area (Å²) in [6.07, 6.45) is 3.01. The second kappa shape index (κ2) is 2.45. The zero-order chi connectivity index (χ0) is 8.82. The minimum absolute atomic E-state index is 0.131. The van der Waals surface area contributed by atoms with E-state index in [4.69, 9.17) is 0 Å². The van der Waals surface area contributed by atoms with Crippen LogP contribution in [0.3, 0.4) is 0 Å². The van der Waals surface area contributed by atoms with Crippen LogP contribution < -0.4 is 5.32 Å². The van der Waals surface area contributed by atoms with Crippen LogP contribution >= 0.6 is 0 Å². The van der Waals surface area contributed by atoms with Crippen molar-refractivity contribution in [2.24, 2.45) is 5.41 Å². The fraction of sp³-hybridized carbons (Fsp3) is 1.00. The predicted molar refractivity (Wildman–Crippen MR) is 47.8 cm³/mol. The molecule has 1 saturated heterocycles. The van der Waals surface area contributed by atoms with E-state index in [-0.39, 0.29) is 5.41 Å². The lowest BCUT2D eigenvalue weighted by Gasteiger charge is -2.22. The average Bonchev–Trinajstić information content (AvgIpc) is 2.60. The van der Waals surface area contributed by atoms with Crippen molar-refractivity contribution >= 4 is 9.84 Å². The highest BCUT2D eigenvalue weighted by Gasteiger charge is 2.56. The molecule has 1 aliphatic carbocycles. The molecular weight excluding hydrogens is 174 g/mol. The summed E-state index contributed by atoms with van der Waals surface area (Å²) in [6.45, 7) is 0. The first kappa shape index (κ1) is 8.51. The Morgan fingerprint density at radius 1 is 1.50 bits per heavy atom. The van der Waals surface area contributed by atoms with Gasteiger partial charge in [0.2, 0.25) is 0 Å². The van der Waals surface area contributed by atoms with Gasteiger partial charge < -0.3 is 5.32 Å². The number of sulfone groups is 1. The third-order valence-corrected chi connectivity index (χ3v) is 5.10. The summed E-state index contributed by atoms with van der Waals surface area (Å²) in [5, 5.41) is 3.17. The number of rotatable bonds is 1. The van der Waals surface area contributed by atoms with Crippen LogP contribution in [0.1, 0.15) is 19.3 Å². The van der Waals surface area contributed by atoms with Gasteiger partial charge in [-0.25, -0.2) is 8.42 Å². The third-order valence-electron chi connectivity index (χ3n) is 3.18. The topological polar surface area (TPSA) is 46.2 Å². The van der Waals surface area contributed by atoms with Gasteiger partial charge in [0.15, 0.2) is 9.84 Å². The van der Waals surface area contributed by atoms with Crippen LogP contribution in [0.4, 0.5) is 0 Å². The quantitative estimate of drug-likeness (QED) is 0.640. The van der Waals surface area contributed by atoms with Gasteiger partial charge in [0, 0.05) is 11.5 Å². The SMILES string of the molecule is CNC1CC12CCCS(=O)(=O)C2. The predicted octanol–water partition coefficient (Wildman–Crippen LogP) is 0.173. The van der Waals surface area contributed by atoms with E-state index in [2.05, 4.69) is 5.32 Å². The summed E-state index contributed by atoms with van der Waals surface area (Å²) in [5.74, 6) is 0.830. The molecule has 4 heteroatoms. The molecule has 0 aromatic rings. The fourth-order valence-electron chi connectivity index (χ4n) is 2.42. The van der Waals surface area contributed by atoms with Crippen molar-refractivity contribution in [3.63, 3.8) is 0 Å². The van der Waals surface area contributed by atoms with E-state index in [1.807, 2.05) is 7.05 Å². The molecule has 2 unspecified atom stereocenters. The van der Waals surface area contributed by atoms with Gasteiger partial charge in [-0.15, -0.1) is 0 Å². The maximum atomic E-state index is 11.3. The average molecular weight is 189 g/mol. The van der Waals surface area contributed by atoms with Gasteiger partial charge in [-0.05, 0) is 26.3 Å². The Morgan fingerprint density at radius 3 is 2.75 bits per heavy atom. The highest BCUT2D eigenvalue weighted by molar-refractivity contribution is 7.91. The van der Waals surface area contributed by atoms with Crippen LogP contribution in [0, 0.1) is 5.41 Å². The number of nitrogens with one attached hydrogen (secondary N) is 1. The Balaban J connectivity index is 2.11. The molecule has 0 aromatic carbocycles. The first-order valence-electron chi connectivity index (χ1n) is 4.46. The monoisotopic (exact) mass is 189 g/mol. The second-order valence-electron chi connectivity index (χ2n) is 4.10. The van der Waals surface area contributed by atoms with Gasteiger partial charge in [-0.2, -0.15) is 0 Å². The van der Waals surface area contributed by atoms with Crippen LogP contribution in [-0.4, -0.2) is 33.0 Å². The highest BCUT2D eigenvalue weighted by atomic mass is 32.2. The van der Waals surface area contributed by atoms with Crippen molar-refractivity contribution in [2.45, 2.75) is 25.3 Å². The van der Waals surface area contributed by atoms with Crippen molar-refractivity contribution in [3.05, 3.63) is 0 Å². The Labute approximate surface area is 73.5 Å². The minimum Gasteiger partial charge on any atom is -0.316 e. The number of hydrogen-bond acceptors (Lipinski definition) is 3. The smallest absolute Gasteiger partial charge is 0.150 e. The van der Waals surface area contributed by atoms with Crippen molar-refractivity contribution in [2.75, 3.05) is 18.6 Å². The first-order valence-corrected chi connectivity index (χ1v) is 6.28. The molecule has 2 atom stereocenters. The third kappa shape index (κ3) is 1.27. The van der Waals surface area contributed by atoms with Crippen LogP contribution in [0.25, 0.3) is 0 Å². The molecule has 2 rings (SSSR count). The second-order valence-corrected chi connectivity index (χ2v) is 6.29. The largest absolute Gasteiger partial charge is 0.316 e. The Bertz CT molecular complexity index is 285. The van der Waals surface area contributed by atoms with E-state index in [1.54, 1.807) is 0 Å². The van der Waals surface area contributed by atoms with Gasteiger partial charge in [-0.3, -0.25) is 0 Å². The van der Waals surface area contributed by atoms with Crippen LogP contribution in [0.15, 0.2) is 0 Å². The van der Waals surface area contributed by atoms with E-state index in [0.717, 1.165) is 19.3 Å². The molecule has 2 aliphatic rings. The summed E-state index contributed by atoms with van der Waals surface area (Å²) in [4.78, 5) is 0. The molecule has 0 amide bonds. The summed E-state index contributed by atoms with van der Waals surface area (Å²) in [5.41, 5.74) is 0.131. The minimum atomic E-state index is -2.71. The summed E-state index contributed by atoms with van der Waals surface area (Å²) < 4.78 is 22.7. The van der Waals surface area contributed by atoms with E-state index >= 15 is 0 Å². The van der Waals surface area contributed by atoms with Gasteiger partial charge in [0.05, 0.1) is 11.5 Å². The molecule has 1 heterocycles. The maximum absolute atomic E-state index is 11.3. The van der Waals surface area contributed by atoms with Gasteiger partial charge in [0.25, 0.3) is 0 Å². The highest BCUT2D eigenvalue weighted by Crippen LogP contribution is 2.52. The standard InChI is InChI=1S/C8H15NO2S/c1-9-7-5-8(7)3-2-4-12(10,11)6-8/h7,9H,2-6H2,1H3. The molecule has 12 heavy (non-hydrogen) atoms. The lowest BCUT2D eigenvalue weighted by Crippen LogP contribution is -2.31. The normalized spacial score (nSPS) is 44.6. The van der Waals surface area contributed by atoms with Crippen molar-refractivity contribution in [1.29, 1.82) is 0 Å². The molecule has 3 nitrogen and oxygen atoms in total. The Kier molecular flexibility index (Phi) is 1.74. The maximum Gasteiger partial charge on any atom is 0.150 e. The van der Waals surface area contributed by atoms with E-state index in [9.17, 15) is 8.42 Å². The van der Waals surface area contributed by atoms with Crippen LogP contribution in [0.5, 0.6) is 0 Å². The van der Waals surface area contributed by atoms with Gasteiger partial charge in [-0.1, -0.05) is 0 Å². The van der Waals surface area contributed by atoms with Crippen LogP contribution in [0.2, 0.25) is 0 Å². The lowest BCUT2D eigenvalue weighted by molar-refractivity contribution is 0.442. The molecule has 0 aromatic heterocycles. The number of hydrogen-bond donors (Lipinski definition) is 1. The van der Waals surface area contributed by atoms with Crippen LogP contribution in [-0.2, 0) is 9.84 Å². The zero-order valence-electron chi connectivity index (χ0n) is 7.34. The van der Waals surface area contributed by atoms with Gasteiger partial charge in [0.1, 0.15) is 0 Å². The van der Waals surface area contributed by atoms with Gasteiger partial charge >= 0.3 is 0 Å². The van der Waals surface area contributed by atoms with Crippen molar-refractivity contribution in [3.8, 4) is 0 Å². The lowest BCUT2D eigenvalue weighted by atomic mass is 10.0. The zero-order valence-corrected chi connectivity index (χ0v) is 8.15. The fourth-order valence-corrected chi connectivity index (χ4v) is 4.49. The molecule has 0 radical (unpaired) electrons. The van der Waals surface area contributed by atoms with E-state index in [1.165, 1.54) is 0 Å². The molecule has 1 saturated carbocycles. The van der Waals surface area contributed by atoms with Crippen molar-refractivity contribution in [1.82, 2.24) is 5.32 Å². The molecule has 1 N–H and O–H groups in total. The Morgan fingerprint density at radius 2 is 2.25 bits per heavy atom. The van der Waals surface area contributed by atoms with Crippen molar-refractivity contribution < 1.29 is 8.42 Å². The summed E-state index contributed by atoms with van der Waals surface area (Å²) in [7, 11) is -0.794. The first-order chi connectivity index (χ1) is 5.58. The van der Waals surface area contributed by atoms with E-state index in [0.29, 0.717) is 17.5 Å². The molecular formula is C8H15NO2S.